The first-order valence-corrected chi connectivity index (χ1v) is 7.19. The summed E-state index contributed by atoms with van der Waals surface area (Å²) in [5, 5.41) is 7.95. The van der Waals surface area contributed by atoms with Gasteiger partial charge in [0.05, 0.1) is 11.7 Å². The van der Waals surface area contributed by atoms with Crippen molar-refractivity contribution in [1.29, 1.82) is 0 Å². The van der Waals surface area contributed by atoms with E-state index in [1.165, 1.54) is 0 Å². The number of benzene rings is 2. The van der Waals surface area contributed by atoms with Crippen LogP contribution in [0.2, 0.25) is 0 Å². The van der Waals surface area contributed by atoms with Crippen LogP contribution in [0.3, 0.4) is 0 Å². The summed E-state index contributed by atoms with van der Waals surface area (Å²) in [6, 6.07) is 17.3. The van der Waals surface area contributed by atoms with E-state index < -0.39 is 0 Å². The molecule has 2 N–H and O–H groups in total. The number of urea groups is 1. The Morgan fingerprint density at radius 2 is 1.86 bits per heavy atom. The molecule has 1 unspecified atom stereocenters. The standard InChI is InChI=1S/C18H17N3O/c1-13(15-8-5-11-19-12-15)20-18(22)21-17-10-4-7-14-6-2-3-9-16(14)17/h2-13H,1H3,(H2,20,21,22). The molecule has 4 nitrogen and oxygen atoms in total. The third kappa shape index (κ3) is 3.06. The number of carbonyl (C=O) groups excluding carboxylic acids is 1. The second-order valence-electron chi connectivity index (χ2n) is 5.13. The summed E-state index contributed by atoms with van der Waals surface area (Å²) >= 11 is 0. The first-order valence-electron chi connectivity index (χ1n) is 7.19. The molecule has 0 spiro atoms. The Bertz CT molecular complexity index is 781. The van der Waals surface area contributed by atoms with Crippen molar-refractivity contribution in [2.45, 2.75) is 13.0 Å². The molecule has 0 aliphatic carbocycles. The minimum absolute atomic E-state index is 0.108. The molecule has 3 aromatic rings. The molecule has 0 bridgehead atoms. The van der Waals surface area contributed by atoms with Gasteiger partial charge < -0.3 is 10.6 Å². The van der Waals surface area contributed by atoms with Crippen molar-refractivity contribution in [2.75, 3.05) is 5.32 Å². The highest BCUT2D eigenvalue weighted by Gasteiger charge is 2.10. The van der Waals surface area contributed by atoms with E-state index in [9.17, 15) is 4.79 Å². The van der Waals surface area contributed by atoms with Crippen molar-refractivity contribution < 1.29 is 4.79 Å². The molecule has 2 amide bonds. The summed E-state index contributed by atoms with van der Waals surface area (Å²) in [4.78, 5) is 16.3. The number of rotatable bonds is 3. The van der Waals surface area contributed by atoms with Crippen LogP contribution in [0.15, 0.2) is 67.0 Å². The number of fused-ring (bicyclic) bond motifs is 1. The normalized spacial score (nSPS) is 11.9. The molecular weight excluding hydrogens is 274 g/mol. The van der Waals surface area contributed by atoms with E-state index in [0.717, 1.165) is 22.0 Å². The molecule has 0 saturated heterocycles. The van der Waals surface area contributed by atoms with Gasteiger partial charge >= 0.3 is 6.03 Å². The zero-order valence-corrected chi connectivity index (χ0v) is 12.3. The average molecular weight is 291 g/mol. The van der Waals surface area contributed by atoms with Gasteiger partial charge in [-0.25, -0.2) is 4.79 Å². The fraction of sp³-hybridized carbons (Fsp3) is 0.111. The van der Waals surface area contributed by atoms with Crippen molar-refractivity contribution in [3.05, 3.63) is 72.6 Å². The van der Waals surface area contributed by atoms with Gasteiger partial charge in [0, 0.05) is 17.8 Å². The lowest BCUT2D eigenvalue weighted by Crippen LogP contribution is -2.31. The van der Waals surface area contributed by atoms with Crippen LogP contribution < -0.4 is 10.6 Å². The number of pyridine rings is 1. The van der Waals surface area contributed by atoms with Gasteiger partial charge in [-0.05, 0) is 30.0 Å². The fourth-order valence-corrected chi connectivity index (χ4v) is 2.40. The van der Waals surface area contributed by atoms with E-state index in [1.54, 1.807) is 12.4 Å². The number of amides is 2. The van der Waals surface area contributed by atoms with Crippen LogP contribution in [0.4, 0.5) is 10.5 Å². The summed E-state index contributed by atoms with van der Waals surface area (Å²) in [5.74, 6) is 0. The molecule has 110 valence electrons. The third-order valence-electron chi connectivity index (χ3n) is 3.57. The smallest absolute Gasteiger partial charge is 0.319 e. The highest BCUT2D eigenvalue weighted by Crippen LogP contribution is 2.23. The van der Waals surface area contributed by atoms with E-state index in [4.69, 9.17) is 0 Å². The molecular formula is C18H17N3O. The lowest BCUT2D eigenvalue weighted by Gasteiger charge is -2.15. The molecule has 0 radical (unpaired) electrons. The first kappa shape index (κ1) is 14.1. The second kappa shape index (κ2) is 6.26. The average Bonchev–Trinajstić information content (AvgIpc) is 2.56. The van der Waals surface area contributed by atoms with Crippen LogP contribution >= 0.6 is 0 Å². The van der Waals surface area contributed by atoms with Crippen molar-refractivity contribution in [3.8, 4) is 0 Å². The molecule has 2 aromatic carbocycles. The summed E-state index contributed by atoms with van der Waals surface area (Å²) in [7, 11) is 0. The third-order valence-corrected chi connectivity index (χ3v) is 3.57. The second-order valence-corrected chi connectivity index (χ2v) is 5.13. The van der Waals surface area contributed by atoms with E-state index in [0.29, 0.717) is 0 Å². The number of hydrogen-bond donors (Lipinski definition) is 2. The summed E-state index contributed by atoms with van der Waals surface area (Å²) in [5.41, 5.74) is 1.77. The van der Waals surface area contributed by atoms with E-state index in [1.807, 2.05) is 61.5 Å². The molecule has 1 aromatic heterocycles. The number of nitrogens with one attached hydrogen (secondary N) is 2. The Balaban J connectivity index is 1.74. The minimum atomic E-state index is -0.229. The Morgan fingerprint density at radius 1 is 1.05 bits per heavy atom. The summed E-state index contributed by atoms with van der Waals surface area (Å²) in [6.45, 7) is 1.93. The molecule has 0 aliphatic rings. The van der Waals surface area contributed by atoms with Gasteiger partial charge in [-0.3, -0.25) is 4.98 Å². The Labute approximate surface area is 129 Å². The van der Waals surface area contributed by atoms with Crippen LogP contribution in [0.5, 0.6) is 0 Å². The maximum atomic E-state index is 12.2. The fourth-order valence-electron chi connectivity index (χ4n) is 2.40. The maximum Gasteiger partial charge on any atom is 0.319 e. The van der Waals surface area contributed by atoms with Gasteiger partial charge in [0.1, 0.15) is 0 Å². The first-order chi connectivity index (χ1) is 10.7. The summed E-state index contributed by atoms with van der Waals surface area (Å²) in [6.07, 6.45) is 3.47. The molecule has 0 aliphatic heterocycles. The Kier molecular flexibility index (Phi) is 4.01. The predicted molar refractivity (Wildman–Crippen MR) is 88.8 cm³/mol. The van der Waals surface area contributed by atoms with E-state index >= 15 is 0 Å². The van der Waals surface area contributed by atoms with Crippen molar-refractivity contribution >= 4 is 22.5 Å². The van der Waals surface area contributed by atoms with Crippen LogP contribution in [-0.2, 0) is 0 Å². The molecule has 3 rings (SSSR count). The number of anilines is 1. The molecule has 1 heterocycles. The van der Waals surface area contributed by atoms with Gasteiger partial charge in [-0.1, -0.05) is 42.5 Å². The topological polar surface area (TPSA) is 54.0 Å². The van der Waals surface area contributed by atoms with Crippen LogP contribution in [0.25, 0.3) is 10.8 Å². The molecule has 0 fully saturated rings. The lowest BCUT2D eigenvalue weighted by molar-refractivity contribution is 0.249. The minimum Gasteiger partial charge on any atom is -0.331 e. The summed E-state index contributed by atoms with van der Waals surface area (Å²) < 4.78 is 0. The Morgan fingerprint density at radius 3 is 2.68 bits per heavy atom. The zero-order chi connectivity index (χ0) is 15.4. The zero-order valence-electron chi connectivity index (χ0n) is 12.3. The van der Waals surface area contributed by atoms with Crippen molar-refractivity contribution in [2.24, 2.45) is 0 Å². The molecule has 0 saturated carbocycles. The SMILES string of the molecule is CC(NC(=O)Nc1cccc2ccccc12)c1cccnc1. The number of aromatic nitrogens is 1. The Hall–Kier alpha value is -2.88. The van der Waals surface area contributed by atoms with Gasteiger partial charge in [-0.15, -0.1) is 0 Å². The van der Waals surface area contributed by atoms with Gasteiger partial charge in [0.15, 0.2) is 0 Å². The predicted octanol–water partition coefficient (Wildman–Crippen LogP) is 4.12. The van der Waals surface area contributed by atoms with E-state index in [-0.39, 0.29) is 12.1 Å². The van der Waals surface area contributed by atoms with Crippen molar-refractivity contribution in [1.82, 2.24) is 10.3 Å². The van der Waals surface area contributed by atoms with Crippen LogP contribution in [-0.4, -0.2) is 11.0 Å². The van der Waals surface area contributed by atoms with Gasteiger partial charge in [0.2, 0.25) is 0 Å². The molecule has 22 heavy (non-hydrogen) atoms. The highest BCUT2D eigenvalue weighted by atomic mass is 16.2. The van der Waals surface area contributed by atoms with Gasteiger partial charge in [0.25, 0.3) is 0 Å². The number of nitrogens with zero attached hydrogens (tertiary/aromatic N) is 1. The maximum absolute atomic E-state index is 12.2. The monoisotopic (exact) mass is 291 g/mol. The van der Waals surface area contributed by atoms with Gasteiger partial charge in [-0.2, -0.15) is 0 Å². The largest absolute Gasteiger partial charge is 0.331 e. The van der Waals surface area contributed by atoms with E-state index in [2.05, 4.69) is 15.6 Å². The van der Waals surface area contributed by atoms with Crippen molar-refractivity contribution in [3.63, 3.8) is 0 Å². The molecule has 4 heteroatoms. The lowest BCUT2D eigenvalue weighted by atomic mass is 10.1. The van der Waals surface area contributed by atoms with Crippen LogP contribution in [0.1, 0.15) is 18.5 Å². The highest BCUT2D eigenvalue weighted by molar-refractivity contribution is 6.01. The quantitative estimate of drug-likeness (QED) is 0.762. The number of hydrogen-bond acceptors (Lipinski definition) is 2. The van der Waals surface area contributed by atoms with Crippen LogP contribution in [0, 0.1) is 0 Å². The number of carbonyl (C=O) groups is 1. The molecule has 1 atom stereocenters.